The Morgan fingerprint density at radius 2 is 1.77 bits per heavy atom. The van der Waals surface area contributed by atoms with Gasteiger partial charge in [-0.2, -0.15) is 0 Å². The van der Waals surface area contributed by atoms with Gasteiger partial charge in [-0.3, -0.25) is 9.59 Å². The summed E-state index contributed by atoms with van der Waals surface area (Å²) >= 11 is 0. The van der Waals surface area contributed by atoms with Crippen LogP contribution in [0.25, 0.3) is 22.2 Å². The van der Waals surface area contributed by atoms with Crippen molar-refractivity contribution >= 4 is 22.8 Å². The lowest BCUT2D eigenvalue weighted by molar-refractivity contribution is -0.144. The molecule has 2 bridgehead atoms. The van der Waals surface area contributed by atoms with Crippen LogP contribution < -0.4 is 5.32 Å². The molecule has 3 aromatic rings. The average molecular weight is 530 g/mol. The third-order valence-corrected chi connectivity index (χ3v) is 9.04. The van der Waals surface area contributed by atoms with Crippen molar-refractivity contribution in [1.82, 2.24) is 15.2 Å². The van der Waals surface area contributed by atoms with Crippen LogP contribution in [0.4, 0.5) is 0 Å². The van der Waals surface area contributed by atoms with E-state index in [-0.39, 0.29) is 18.2 Å². The van der Waals surface area contributed by atoms with E-state index < -0.39 is 11.4 Å². The molecular weight excluding hydrogens is 486 g/mol. The number of amides is 1. The molecule has 1 unspecified atom stereocenters. The number of aliphatic carboxylic acids is 1. The predicted octanol–water partition coefficient (Wildman–Crippen LogP) is 6.30. The summed E-state index contributed by atoms with van der Waals surface area (Å²) in [5, 5.41) is 13.5. The highest BCUT2D eigenvalue weighted by Gasteiger charge is 2.42. The van der Waals surface area contributed by atoms with Crippen molar-refractivity contribution in [3.8, 4) is 11.3 Å². The first-order valence-electron chi connectivity index (χ1n) is 14.5. The number of carbonyl (C=O) groups is 2. The van der Waals surface area contributed by atoms with Gasteiger partial charge in [-0.05, 0) is 106 Å². The Bertz CT molecular complexity index is 1360. The van der Waals surface area contributed by atoms with Crippen molar-refractivity contribution in [3.05, 3.63) is 58.7 Å². The molecule has 0 spiro atoms. The number of aromatic amines is 1. The topological polar surface area (TPSA) is 85.4 Å². The van der Waals surface area contributed by atoms with Gasteiger partial charge in [-0.25, -0.2) is 0 Å². The van der Waals surface area contributed by atoms with E-state index in [0.717, 1.165) is 47.1 Å². The van der Waals surface area contributed by atoms with Crippen LogP contribution in [-0.2, 0) is 15.0 Å². The summed E-state index contributed by atoms with van der Waals surface area (Å²) in [6.07, 6.45) is 4.89. The molecule has 208 valence electrons. The summed E-state index contributed by atoms with van der Waals surface area (Å²) in [7, 11) is 0. The maximum absolute atomic E-state index is 14.0. The Labute approximate surface area is 232 Å². The summed E-state index contributed by atoms with van der Waals surface area (Å²) < 4.78 is 0. The SMILES string of the molecule is Cc1cc(C)cc(-c2[nH]c3ccc(C(C)(C)C(=O)N4CC5CCC4CC5)cc3c2C(C)CNCCC(=O)O)c1. The fraction of sp³-hybridized carbons (Fsp3) is 0.515. The van der Waals surface area contributed by atoms with Crippen LogP contribution in [0.3, 0.4) is 0 Å². The van der Waals surface area contributed by atoms with Gasteiger partial charge in [0, 0.05) is 36.6 Å². The minimum absolute atomic E-state index is 0.101. The Balaban J connectivity index is 1.54. The highest BCUT2D eigenvalue weighted by molar-refractivity contribution is 5.94. The lowest BCUT2D eigenvalue weighted by atomic mass is 9.76. The smallest absolute Gasteiger partial charge is 0.304 e. The van der Waals surface area contributed by atoms with Gasteiger partial charge in [0.1, 0.15) is 0 Å². The van der Waals surface area contributed by atoms with Crippen LogP contribution in [0.5, 0.6) is 0 Å². The number of nitrogens with one attached hydrogen (secondary N) is 2. The minimum Gasteiger partial charge on any atom is -0.481 e. The number of carboxylic acid groups (broad SMARTS) is 1. The second kappa shape index (κ2) is 10.8. The zero-order valence-corrected chi connectivity index (χ0v) is 24.1. The van der Waals surface area contributed by atoms with Crippen LogP contribution in [0.15, 0.2) is 36.4 Å². The van der Waals surface area contributed by atoms with Crippen molar-refractivity contribution in [2.24, 2.45) is 5.92 Å². The lowest BCUT2D eigenvalue weighted by Crippen LogP contribution is -2.55. The van der Waals surface area contributed by atoms with Gasteiger partial charge in [0.05, 0.1) is 17.5 Å². The second-order valence-corrected chi connectivity index (χ2v) is 12.6. The number of carboxylic acids is 1. The standard InChI is InChI=1S/C33H43N3O3/c1-20-14-21(2)16-24(15-20)31-30(22(3)18-34-13-12-29(37)38)27-17-25(8-11-28(27)35-31)33(4,5)32(39)36-19-23-6-9-26(36)10-7-23/h8,11,14-17,22-23,26,34-35H,6-7,9-10,12-13,18-19H2,1-5H3,(H,37,38). The fourth-order valence-electron chi connectivity index (χ4n) is 6.87. The molecule has 2 aromatic carbocycles. The molecule has 3 heterocycles. The summed E-state index contributed by atoms with van der Waals surface area (Å²) in [6.45, 7) is 12.6. The molecule has 3 aliphatic rings. The van der Waals surface area contributed by atoms with Gasteiger partial charge < -0.3 is 20.3 Å². The number of hydrogen-bond donors (Lipinski definition) is 3. The molecule has 2 aliphatic heterocycles. The fourth-order valence-corrected chi connectivity index (χ4v) is 6.87. The van der Waals surface area contributed by atoms with Crippen LogP contribution in [-0.4, -0.2) is 52.5 Å². The number of piperidine rings is 2. The molecular formula is C33H43N3O3. The van der Waals surface area contributed by atoms with Crippen molar-refractivity contribution in [3.63, 3.8) is 0 Å². The Morgan fingerprint density at radius 1 is 1.08 bits per heavy atom. The first kappa shape index (κ1) is 27.4. The highest BCUT2D eigenvalue weighted by atomic mass is 16.4. The van der Waals surface area contributed by atoms with E-state index in [2.05, 4.69) is 86.2 Å². The van der Waals surface area contributed by atoms with E-state index in [1.54, 1.807) is 0 Å². The predicted molar refractivity (Wildman–Crippen MR) is 157 cm³/mol. The molecule has 6 heteroatoms. The normalized spacial score (nSPS) is 20.0. The number of rotatable bonds is 9. The van der Waals surface area contributed by atoms with Gasteiger partial charge in [0.2, 0.25) is 5.91 Å². The molecule has 1 amide bonds. The molecule has 39 heavy (non-hydrogen) atoms. The first-order valence-corrected chi connectivity index (χ1v) is 14.5. The number of aromatic nitrogens is 1. The summed E-state index contributed by atoms with van der Waals surface area (Å²) in [6, 6.07) is 13.5. The van der Waals surface area contributed by atoms with Crippen LogP contribution in [0.2, 0.25) is 0 Å². The van der Waals surface area contributed by atoms with E-state index in [1.165, 1.54) is 29.5 Å². The summed E-state index contributed by atoms with van der Waals surface area (Å²) in [5.41, 5.74) is 7.36. The largest absolute Gasteiger partial charge is 0.481 e. The van der Waals surface area contributed by atoms with E-state index >= 15 is 0 Å². The molecule has 1 saturated carbocycles. The number of fused-ring (bicyclic) bond motifs is 4. The van der Waals surface area contributed by atoms with E-state index in [1.807, 2.05) is 0 Å². The molecule has 6 rings (SSSR count). The van der Waals surface area contributed by atoms with Gasteiger partial charge in [-0.1, -0.05) is 30.2 Å². The number of aryl methyl sites for hydroxylation is 2. The van der Waals surface area contributed by atoms with Gasteiger partial charge in [0.25, 0.3) is 0 Å². The van der Waals surface area contributed by atoms with Crippen LogP contribution >= 0.6 is 0 Å². The van der Waals surface area contributed by atoms with Gasteiger partial charge >= 0.3 is 5.97 Å². The Hall–Kier alpha value is -3.12. The number of nitrogens with zero attached hydrogens (tertiary/aromatic N) is 1. The van der Waals surface area contributed by atoms with Gasteiger partial charge in [0.15, 0.2) is 0 Å². The molecule has 1 aromatic heterocycles. The quantitative estimate of drug-likeness (QED) is 0.284. The Kier molecular flexibility index (Phi) is 7.60. The highest BCUT2D eigenvalue weighted by Crippen LogP contribution is 2.41. The molecule has 0 radical (unpaired) electrons. The third-order valence-electron chi connectivity index (χ3n) is 9.04. The number of carbonyl (C=O) groups excluding carboxylic acids is 1. The van der Waals surface area contributed by atoms with E-state index in [4.69, 9.17) is 5.11 Å². The third kappa shape index (κ3) is 5.49. The van der Waals surface area contributed by atoms with Crippen molar-refractivity contribution < 1.29 is 14.7 Å². The van der Waals surface area contributed by atoms with Crippen molar-refractivity contribution in [2.75, 3.05) is 19.6 Å². The summed E-state index contributed by atoms with van der Waals surface area (Å²) in [4.78, 5) is 30.9. The lowest BCUT2D eigenvalue weighted by Gasteiger charge is -2.47. The number of H-pyrrole nitrogens is 1. The van der Waals surface area contributed by atoms with Gasteiger partial charge in [-0.15, -0.1) is 0 Å². The van der Waals surface area contributed by atoms with Crippen LogP contribution in [0, 0.1) is 19.8 Å². The molecule has 1 atom stereocenters. The minimum atomic E-state index is -0.795. The van der Waals surface area contributed by atoms with Crippen LogP contribution in [0.1, 0.15) is 81.0 Å². The van der Waals surface area contributed by atoms with Crippen molar-refractivity contribution in [2.45, 2.75) is 84.1 Å². The summed E-state index contributed by atoms with van der Waals surface area (Å²) in [5.74, 6) is 0.237. The molecule has 1 aliphatic carbocycles. The average Bonchev–Trinajstić information content (AvgIpc) is 3.29. The van der Waals surface area contributed by atoms with Crippen molar-refractivity contribution in [1.29, 1.82) is 0 Å². The number of hydrogen-bond acceptors (Lipinski definition) is 3. The maximum Gasteiger partial charge on any atom is 0.304 e. The molecule has 3 fully saturated rings. The second-order valence-electron chi connectivity index (χ2n) is 12.6. The molecule has 3 N–H and O–H groups in total. The molecule has 6 nitrogen and oxygen atoms in total. The van der Waals surface area contributed by atoms with E-state index in [0.29, 0.717) is 25.0 Å². The maximum atomic E-state index is 14.0. The first-order chi connectivity index (χ1) is 18.5. The monoisotopic (exact) mass is 529 g/mol. The zero-order valence-electron chi connectivity index (χ0n) is 24.1. The Morgan fingerprint density at radius 3 is 2.38 bits per heavy atom. The zero-order chi connectivity index (χ0) is 27.9. The number of benzene rings is 2. The molecule has 2 saturated heterocycles. The van der Waals surface area contributed by atoms with E-state index in [9.17, 15) is 9.59 Å².